The maximum absolute atomic E-state index is 12.6. The van der Waals surface area contributed by atoms with Gasteiger partial charge in [-0.15, -0.1) is 11.8 Å². The second-order valence-electron chi connectivity index (χ2n) is 6.36. The Labute approximate surface area is 171 Å². The fourth-order valence-electron chi connectivity index (χ4n) is 2.86. The van der Waals surface area contributed by atoms with Crippen molar-refractivity contribution >= 4 is 40.6 Å². The van der Waals surface area contributed by atoms with E-state index in [1.165, 1.54) is 12.5 Å². The normalized spacial score (nSPS) is 10.8. The van der Waals surface area contributed by atoms with Crippen LogP contribution in [0.3, 0.4) is 0 Å². The number of benzene rings is 2. The molecular weight excluding hydrogens is 384 g/mol. The van der Waals surface area contributed by atoms with E-state index in [4.69, 9.17) is 5.41 Å². The molecule has 7 nitrogen and oxygen atoms in total. The standard InChI is InChI=1S/C21H18N6OS/c22-9-8-14-4-6-17(7-5-14)26-20(28)16-3-1-2-15(10-16)12-29-21-18-11-25-27-19(18)23-13-24-21/h1-7,9-11,13,22H,8,12H2,(H,26,28)(H,23,24,25,27). The summed E-state index contributed by atoms with van der Waals surface area (Å²) in [4.78, 5) is 21.1. The summed E-state index contributed by atoms with van der Waals surface area (Å²) in [6, 6.07) is 15.1. The third kappa shape index (κ3) is 4.49. The molecule has 0 atom stereocenters. The van der Waals surface area contributed by atoms with Crippen LogP contribution in [0, 0.1) is 5.41 Å². The number of carbonyl (C=O) groups is 1. The van der Waals surface area contributed by atoms with Gasteiger partial charge >= 0.3 is 0 Å². The van der Waals surface area contributed by atoms with Crippen LogP contribution in [0.2, 0.25) is 0 Å². The molecule has 8 heteroatoms. The number of carbonyl (C=O) groups excluding carboxylic acids is 1. The van der Waals surface area contributed by atoms with E-state index in [1.54, 1.807) is 24.0 Å². The van der Waals surface area contributed by atoms with Crippen LogP contribution in [0.5, 0.6) is 0 Å². The molecule has 0 aliphatic heterocycles. The van der Waals surface area contributed by atoms with E-state index in [1.807, 2.05) is 42.5 Å². The molecule has 0 unspecified atom stereocenters. The van der Waals surface area contributed by atoms with Crippen molar-refractivity contribution in [3.63, 3.8) is 0 Å². The second-order valence-corrected chi connectivity index (χ2v) is 7.32. The van der Waals surface area contributed by atoms with E-state index in [0.717, 1.165) is 27.2 Å². The number of nitrogens with zero attached hydrogens (tertiary/aromatic N) is 3. The number of thioether (sulfide) groups is 1. The lowest BCUT2D eigenvalue weighted by Crippen LogP contribution is -2.12. The Balaban J connectivity index is 1.43. The molecule has 0 aliphatic carbocycles. The highest BCUT2D eigenvalue weighted by atomic mass is 32.2. The highest BCUT2D eigenvalue weighted by Gasteiger charge is 2.09. The van der Waals surface area contributed by atoms with E-state index in [2.05, 4.69) is 25.5 Å². The molecule has 0 spiro atoms. The molecule has 0 bridgehead atoms. The van der Waals surface area contributed by atoms with Gasteiger partial charge in [-0.3, -0.25) is 9.89 Å². The quantitative estimate of drug-likeness (QED) is 0.245. The van der Waals surface area contributed by atoms with Gasteiger partial charge in [0.15, 0.2) is 5.65 Å². The van der Waals surface area contributed by atoms with Gasteiger partial charge in [-0.1, -0.05) is 24.3 Å². The largest absolute Gasteiger partial charge is 0.322 e. The van der Waals surface area contributed by atoms with Crippen molar-refractivity contribution in [2.75, 3.05) is 5.32 Å². The molecule has 29 heavy (non-hydrogen) atoms. The van der Waals surface area contributed by atoms with E-state index in [0.29, 0.717) is 23.4 Å². The van der Waals surface area contributed by atoms with Gasteiger partial charge in [-0.25, -0.2) is 9.97 Å². The van der Waals surface area contributed by atoms with Crippen LogP contribution in [0.4, 0.5) is 5.69 Å². The maximum Gasteiger partial charge on any atom is 0.255 e. The number of amides is 1. The zero-order valence-corrected chi connectivity index (χ0v) is 16.2. The molecule has 1 amide bonds. The second kappa shape index (κ2) is 8.66. The Hall–Kier alpha value is -3.52. The molecule has 4 rings (SSSR count). The van der Waals surface area contributed by atoms with Crippen molar-refractivity contribution in [3.05, 3.63) is 77.7 Å². The van der Waals surface area contributed by atoms with Crippen LogP contribution in [0.25, 0.3) is 11.0 Å². The van der Waals surface area contributed by atoms with Gasteiger partial charge in [-0.2, -0.15) is 5.10 Å². The van der Waals surface area contributed by atoms with Gasteiger partial charge in [0.1, 0.15) is 11.4 Å². The first kappa shape index (κ1) is 18.8. The zero-order chi connectivity index (χ0) is 20.1. The van der Waals surface area contributed by atoms with Crippen molar-refractivity contribution in [2.24, 2.45) is 0 Å². The van der Waals surface area contributed by atoms with E-state index in [-0.39, 0.29) is 5.91 Å². The molecule has 2 heterocycles. The lowest BCUT2D eigenvalue weighted by Gasteiger charge is -2.08. The first-order valence-electron chi connectivity index (χ1n) is 8.98. The van der Waals surface area contributed by atoms with Crippen LogP contribution >= 0.6 is 11.8 Å². The number of anilines is 1. The Morgan fingerprint density at radius 3 is 2.83 bits per heavy atom. The van der Waals surface area contributed by atoms with E-state index >= 15 is 0 Å². The predicted octanol–water partition coefficient (Wildman–Crippen LogP) is 4.09. The van der Waals surface area contributed by atoms with Crippen molar-refractivity contribution in [2.45, 2.75) is 17.2 Å². The number of H-pyrrole nitrogens is 1. The van der Waals surface area contributed by atoms with Gasteiger partial charge < -0.3 is 10.7 Å². The average Bonchev–Trinajstić information content (AvgIpc) is 3.23. The lowest BCUT2D eigenvalue weighted by molar-refractivity contribution is 0.102. The van der Waals surface area contributed by atoms with Crippen LogP contribution < -0.4 is 5.32 Å². The number of rotatable bonds is 7. The number of nitrogens with one attached hydrogen (secondary N) is 3. The van der Waals surface area contributed by atoms with Crippen molar-refractivity contribution < 1.29 is 4.79 Å². The molecule has 2 aromatic heterocycles. The van der Waals surface area contributed by atoms with Gasteiger partial charge in [-0.05, 0) is 41.6 Å². The van der Waals surface area contributed by atoms with Crippen molar-refractivity contribution in [3.8, 4) is 0 Å². The maximum atomic E-state index is 12.6. The molecule has 144 valence electrons. The first-order valence-corrected chi connectivity index (χ1v) is 9.96. The van der Waals surface area contributed by atoms with Crippen LogP contribution in [-0.4, -0.2) is 32.3 Å². The summed E-state index contributed by atoms with van der Waals surface area (Å²) in [5, 5.41) is 18.6. The van der Waals surface area contributed by atoms with Gasteiger partial charge in [0.05, 0.1) is 11.6 Å². The summed E-state index contributed by atoms with van der Waals surface area (Å²) in [6.07, 6.45) is 5.18. The van der Waals surface area contributed by atoms with Crippen molar-refractivity contribution in [1.82, 2.24) is 20.2 Å². The lowest BCUT2D eigenvalue weighted by atomic mass is 10.1. The Morgan fingerprint density at radius 1 is 1.14 bits per heavy atom. The molecule has 4 aromatic rings. The summed E-state index contributed by atoms with van der Waals surface area (Å²) in [5.41, 5.74) is 4.10. The minimum absolute atomic E-state index is 0.157. The highest BCUT2D eigenvalue weighted by Crippen LogP contribution is 2.26. The Kier molecular flexibility index (Phi) is 5.62. The van der Waals surface area contributed by atoms with E-state index in [9.17, 15) is 4.79 Å². The minimum Gasteiger partial charge on any atom is -0.322 e. The van der Waals surface area contributed by atoms with Crippen molar-refractivity contribution in [1.29, 1.82) is 5.41 Å². The topological polar surface area (TPSA) is 107 Å². The zero-order valence-electron chi connectivity index (χ0n) is 15.4. The smallest absolute Gasteiger partial charge is 0.255 e. The highest BCUT2D eigenvalue weighted by molar-refractivity contribution is 7.98. The fourth-order valence-corrected chi connectivity index (χ4v) is 3.77. The molecular formula is C21H18N6OS. The SMILES string of the molecule is N=CCc1ccc(NC(=O)c2cccc(CSc3ncnc4[nH]ncc34)c2)cc1. The van der Waals surface area contributed by atoms with Crippen LogP contribution in [0.1, 0.15) is 21.5 Å². The monoisotopic (exact) mass is 402 g/mol. The Bertz CT molecular complexity index is 1160. The summed E-state index contributed by atoms with van der Waals surface area (Å²) >= 11 is 1.58. The third-order valence-electron chi connectivity index (χ3n) is 4.33. The molecule has 0 fully saturated rings. The summed E-state index contributed by atoms with van der Waals surface area (Å²) in [7, 11) is 0. The Morgan fingerprint density at radius 2 is 2.00 bits per heavy atom. The van der Waals surface area contributed by atoms with Crippen LogP contribution in [-0.2, 0) is 12.2 Å². The average molecular weight is 402 g/mol. The third-order valence-corrected chi connectivity index (χ3v) is 5.40. The molecule has 3 N–H and O–H groups in total. The van der Waals surface area contributed by atoms with Crippen LogP contribution in [0.15, 0.2) is 66.1 Å². The van der Waals surface area contributed by atoms with Gasteiger partial charge in [0.25, 0.3) is 5.91 Å². The summed E-state index contributed by atoms with van der Waals surface area (Å²) < 4.78 is 0. The van der Waals surface area contributed by atoms with E-state index < -0.39 is 0 Å². The fraction of sp³-hybridized carbons (Fsp3) is 0.0952. The number of fused-ring (bicyclic) bond motifs is 1. The first-order chi connectivity index (χ1) is 14.2. The number of aromatic amines is 1. The molecule has 0 aliphatic rings. The number of hydrogen-bond donors (Lipinski definition) is 3. The molecule has 0 saturated carbocycles. The molecule has 2 aromatic carbocycles. The summed E-state index contributed by atoms with van der Waals surface area (Å²) in [5.74, 6) is 0.521. The summed E-state index contributed by atoms with van der Waals surface area (Å²) in [6.45, 7) is 0. The molecule has 0 saturated heterocycles. The van der Waals surface area contributed by atoms with Gasteiger partial charge in [0.2, 0.25) is 0 Å². The number of aromatic nitrogens is 4. The predicted molar refractivity (Wildman–Crippen MR) is 115 cm³/mol. The minimum atomic E-state index is -0.157. The molecule has 0 radical (unpaired) electrons. The number of hydrogen-bond acceptors (Lipinski definition) is 6. The van der Waals surface area contributed by atoms with Gasteiger partial charge in [0, 0.05) is 23.4 Å².